The molecule has 0 aliphatic heterocycles. The highest BCUT2D eigenvalue weighted by atomic mass is 19.1. The van der Waals surface area contributed by atoms with Crippen molar-refractivity contribution in [3.8, 4) is 5.75 Å². The van der Waals surface area contributed by atoms with Crippen LogP contribution in [-0.2, 0) is 0 Å². The summed E-state index contributed by atoms with van der Waals surface area (Å²) in [6.45, 7) is 0. The topological polar surface area (TPSA) is 42.1 Å². The van der Waals surface area contributed by atoms with Gasteiger partial charge in [-0.25, -0.2) is 13.6 Å². The van der Waals surface area contributed by atoms with E-state index in [2.05, 4.69) is 4.98 Å². The predicted molar refractivity (Wildman–Crippen MR) is 69.6 cm³/mol. The van der Waals surface area contributed by atoms with Crippen molar-refractivity contribution in [1.29, 1.82) is 0 Å². The van der Waals surface area contributed by atoms with E-state index in [1.165, 1.54) is 6.07 Å². The van der Waals surface area contributed by atoms with Crippen LogP contribution in [0.25, 0.3) is 10.9 Å². The van der Waals surface area contributed by atoms with Gasteiger partial charge in [-0.3, -0.25) is 0 Å². The van der Waals surface area contributed by atoms with Gasteiger partial charge in [0.1, 0.15) is 22.9 Å². The molecule has 0 saturated carbocycles. The Morgan fingerprint density at radius 2 is 1.70 bits per heavy atom. The molecule has 100 valence electrons. The van der Waals surface area contributed by atoms with Gasteiger partial charge in [-0.1, -0.05) is 12.1 Å². The van der Waals surface area contributed by atoms with Gasteiger partial charge in [-0.15, -0.1) is 0 Å². The second kappa shape index (κ2) is 4.77. The molecule has 0 atom stereocenters. The first-order valence-corrected chi connectivity index (χ1v) is 5.89. The SMILES string of the molecule is O=C(Oc1cccc2[nH]ccc12)c1c(F)cccc1F. The summed E-state index contributed by atoms with van der Waals surface area (Å²) in [6, 6.07) is 9.97. The van der Waals surface area contributed by atoms with E-state index < -0.39 is 23.2 Å². The number of hydrogen-bond donors (Lipinski definition) is 1. The number of H-pyrrole nitrogens is 1. The third kappa shape index (κ3) is 2.03. The van der Waals surface area contributed by atoms with Gasteiger partial charge in [-0.2, -0.15) is 0 Å². The second-order valence-electron chi connectivity index (χ2n) is 4.18. The monoisotopic (exact) mass is 273 g/mol. The number of benzene rings is 2. The van der Waals surface area contributed by atoms with Crippen molar-refractivity contribution in [2.24, 2.45) is 0 Å². The molecular weight excluding hydrogens is 264 g/mol. The third-order valence-corrected chi connectivity index (χ3v) is 2.92. The highest BCUT2D eigenvalue weighted by Gasteiger charge is 2.20. The number of aromatic nitrogens is 1. The molecule has 3 rings (SSSR count). The van der Waals surface area contributed by atoms with E-state index in [0.29, 0.717) is 5.39 Å². The Labute approximate surface area is 112 Å². The molecule has 3 nitrogen and oxygen atoms in total. The van der Waals surface area contributed by atoms with Crippen LogP contribution in [0.2, 0.25) is 0 Å². The average Bonchev–Trinajstić information content (AvgIpc) is 2.88. The Kier molecular flexibility index (Phi) is 2.95. The quantitative estimate of drug-likeness (QED) is 0.572. The van der Waals surface area contributed by atoms with Crippen LogP contribution in [0.15, 0.2) is 48.7 Å². The fraction of sp³-hybridized carbons (Fsp3) is 0. The summed E-state index contributed by atoms with van der Waals surface area (Å²) in [6.07, 6.45) is 1.69. The number of aromatic amines is 1. The lowest BCUT2D eigenvalue weighted by Gasteiger charge is -2.07. The van der Waals surface area contributed by atoms with Crippen LogP contribution < -0.4 is 4.74 Å². The number of carbonyl (C=O) groups is 1. The Bertz CT molecular complexity index is 775. The van der Waals surface area contributed by atoms with Crippen LogP contribution in [-0.4, -0.2) is 11.0 Å². The molecule has 5 heteroatoms. The molecule has 2 aromatic carbocycles. The zero-order valence-corrected chi connectivity index (χ0v) is 10.2. The van der Waals surface area contributed by atoms with Crippen LogP contribution in [0.5, 0.6) is 5.75 Å². The van der Waals surface area contributed by atoms with E-state index in [1.807, 2.05) is 0 Å². The number of carbonyl (C=O) groups excluding carboxylic acids is 1. The van der Waals surface area contributed by atoms with Gasteiger partial charge in [0, 0.05) is 17.1 Å². The van der Waals surface area contributed by atoms with Crippen molar-refractivity contribution in [2.75, 3.05) is 0 Å². The summed E-state index contributed by atoms with van der Waals surface area (Å²) >= 11 is 0. The van der Waals surface area contributed by atoms with Crippen LogP contribution in [0.4, 0.5) is 8.78 Å². The molecule has 0 bridgehead atoms. The van der Waals surface area contributed by atoms with Crippen molar-refractivity contribution in [3.05, 3.63) is 65.9 Å². The molecule has 0 amide bonds. The molecule has 20 heavy (non-hydrogen) atoms. The van der Waals surface area contributed by atoms with Gasteiger partial charge in [0.15, 0.2) is 0 Å². The lowest BCUT2D eigenvalue weighted by molar-refractivity contribution is 0.0727. The summed E-state index contributed by atoms with van der Waals surface area (Å²) < 4.78 is 32.1. The van der Waals surface area contributed by atoms with Crippen molar-refractivity contribution < 1.29 is 18.3 Å². The van der Waals surface area contributed by atoms with Crippen molar-refractivity contribution in [1.82, 2.24) is 4.98 Å². The van der Waals surface area contributed by atoms with Crippen molar-refractivity contribution in [2.45, 2.75) is 0 Å². The molecule has 0 aliphatic rings. The maximum absolute atomic E-state index is 13.5. The number of esters is 1. The van der Waals surface area contributed by atoms with E-state index in [9.17, 15) is 13.6 Å². The van der Waals surface area contributed by atoms with Gasteiger partial charge < -0.3 is 9.72 Å². The first kappa shape index (κ1) is 12.3. The van der Waals surface area contributed by atoms with Gasteiger partial charge >= 0.3 is 5.97 Å². The lowest BCUT2D eigenvalue weighted by atomic mass is 10.2. The molecule has 0 fully saturated rings. The maximum atomic E-state index is 13.5. The van der Waals surface area contributed by atoms with Crippen LogP contribution in [0.3, 0.4) is 0 Å². The first-order valence-electron chi connectivity index (χ1n) is 5.89. The Morgan fingerprint density at radius 1 is 1.00 bits per heavy atom. The molecule has 0 spiro atoms. The zero-order chi connectivity index (χ0) is 14.1. The van der Waals surface area contributed by atoms with E-state index in [0.717, 1.165) is 17.6 Å². The lowest BCUT2D eigenvalue weighted by Crippen LogP contribution is -2.13. The number of halogens is 2. The molecule has 3 aromatic rings. The maximum Gasteiger partial charge on any atom is 0.349 e. The predicted octanol–water partition coefficient (Wildman–Crippen LogP) is 3.67. The minimum Gasteiger partial charge on any atom is -0.422 e. The highest BCUT2D eigenvalue weighted by molar-refractivity contribution is 5.95. The summed E-state index contributed by atoms with van der Waals surface area (Å²) in [4.78, 5) is 14.9. The Hall–Kier alpha value is -2.69. The average molecular weight is 273 g/mol. The summed E-state index contributed by atoms with van der Waals surface area (Å²) in [7, 11) is 0. The highest BCUT2D eigenvalue weighted by Crippen LogP contribution is 2.26. The number of nitrogens with one attached hydrogen (secondary N) is 1. The molecule has 0 radical (unpaired) electrons. The fourth-order valence-corrected chi connectivity index (χ4v) is 1.99. The molecule has 1 heterocycles. The van der Waals surface area contributed by atoms with E-state index in [4.69, 9.17) is 4.74 Å². The molecule has 1 N–H and O–H groups in total. The molecule has 0 aliphatic carbocycles. The fourth-order valence-electron chi connectivity index (χ4n) is 1.99. The van der Waals surface area contributed by atoms with Gasteiger partial charge in [0.25, 0.3) is 0 Å². The first-order chi connectivity index (χ1) is 9.66. The third-order valence-electron chi connectivity index (χ3n) is 2.92. The Balaban J connectivity index is 1.99. The number of fused-ring (bicyclic) bond motifs is 1. The van der Waals surface area contributed by atoms with E-state index >= 15 is 0 Å². The molecule has 1 aromatic heterocycles. The summed E-state index contributed by atoms with van der Waals surface area (Å²) in [5.74, 6) is -2.71. The minimum absolute atomic E-state index is 0.247. The standard InChI is InChI=1S/C15H9F2NO2/c16-10-3-1-4-11(17)14(10)15(19)20-13-6-2-5-12-9(13)7-8-18-12/h1-8,18H. The number of rotatable bonds is 2. The van der Waals surface area contributed by atoms with E-state index in [1.54, 1.807) is 30.5 Å². The molecule has 0 unspecified atom stereocenters. The molecular formula is C15H9F2NO2. The summed E-state index contributed by atoms with van der Waals surface area (Å²) in [5, 5.41) is 0.664. The van der Waals surface area contributed by atoms with Crippen LogP contribution in [0.1, 0.15) is 10.4 Å². The second-order valence-corrected chi connectivity index (χ2v) is 4.18. The minimum atomic E-state index is -1.06. The van der Waals surface area contributed by atoms with Crippen molar-refractivity contribution in [3.63, 3.8) is 0 Å². The zero-order valence-electron chi connectivity index (χ0n) is 10.2. The normalized spacial score (nSPS) is 10.7. The largest absolute Gasteiger partial charge is 0.422 e. The number of ether oxygens (including phenoxy) is 1. The summed E-state index contributed by atoms with van der Waals surface area (Å²) in [5.41, 5.74) is 0.0735. The van der Waals surface area contributed by atoms with Crippen molar-refractivity contribution >= 4 is 16.9 Å². The van der Waals surface area contributed by atoms with E-state index in [-0.39, 0.29) is 5.75 Å². The molecule has 0 saturated heterocycles. The van der Waals surface area contributed by atoms with Gasteiger partial charge in [0.2, 0.25) is 0 Å². The van der Waals surface area contributed by atoms with Crippen LogP contribution >= 0.6 is 0 Å². The van der Waals surface area contributed by atoms with Gasteiger partial charge in [-0.05, 0) is 30.3 Å². The number of hydrogen-bond acceptors (Lipinski definition) is 2. The van der Waals surface area contributed by atoms with Crippen LogP contribution in [0, 0.1) is 11.6 Å². The van der Waals surface area contributed by atoms with Gasteiger partial charge in [0.05, 0.1) is 0 Å². The smallest absolute Gasteiger partial charge is 0.349 e. The Morgan fingerprint density at radius 3 is 2.45 bits per heavy atom.